The second kappa shape index (κ2) is 5.89. The Morgan fingerprint density at radius 3 is 2.64 bits per heavy atom. The van der Waals surface area contributed by atoms with Gasteiger partial charge in [-0.05, 0) is 17.7 Å². The maximum absolute atomic E-state index is 12.4. The molecule has 5 nitrogen and oxygen atoms in total. The summed E-state index contributed by atoms with van der Waals surface area (Å²) in [7, 11) is 3.69. The summed E-state index contributed by atoms with van der Waals surface area (Å²) in [5.74, 6) is -0.159. The molecule has 0 atom stereocenters. The van der Waals surface area contributed by atoms with Gasteiger partial charge >= 0.3 is 0 Å². The van der Waals surface area contributed by atoms with Gasteiger partial charge < -0.3 is 14.6 Å². The third-order valence-corrected chi connectivity index (χ3v) is 3.33. The Kier molecular flexibility index (Phi) is 3.78. The Bertz CT molecular complexity index is 794. The summed E-state index contributed by atoms with van der Waals surface area (Å²) in [6.45, 7) is 0.481. The quantitative estimate of drug-likeness (QED) is 0.804. The number of oxazole rings is 1. The van der Waals surface area contributed by atoms with Crippen molar-refractivity contribution in [3.63, 3.8) is 0 Å². The molecule has 5 heteroatoms. The summed E-state index contributed by atoms with van der Waals surface area (Å²) < 4.78 is 5.62. The fourth-order valence-electron chi connectivity index (χ4n) is 2.18. The van der Waals surface area contributed by atoms with Crippen molar-refractivity contribution in [1.82, 2.24) is 10.3 Å². The zero-order chi connectivity index (χ0) is 15.5. The van der Waals surface area contributed by atoms with Crippen LogP contribution >= 0.6 is 0 Å². The number of nitrogens with zero attached hydrogens (tertiary/aromatic N) is 2. The van der Waals surface area contributed by atoms with Crippen molar-refractivity contribution >= 4 is 23.0 Å². The average Bonchev–Trinajstić information content (AvgIpc) is 2.98. The lowest BCUT2D eigenvalue weighted by atomic mass is 10.1. The number of hydrogen-bond acceptors (Lipinski definition) is 4. The molecule has 0 aliphatic carbocycles. The molecule has 1 heterocycles. The topological polar surface area (TPSA) is 58.4 Å². The van der Waals surface area contributed by atoms with Gasteiger partial charge in [0.2, 0.25) is 0 Å². The van der Waals surface area contributed by atoms with Crippen molar-refractivity contribution in [3.05, 3.63) is 59.7 Å². The van der Waals surface area contributed by atoms with E-state index in [9.17, 15) is 4.79 Å². The molecule has 0 unspecified atom stereocenters. The number of aromatic nitrogens is 1. The molecule has 0 radical (unpaired) electrons. The number of nitrogens with one attached hydrogen (secondary N) is 1. The molecule has 2 aromatic carbocycles. The Morgan fingerprint density at radius 1 is 1.14 bits per heavy atom. The molecule has 1 N–H and O–H groups in total. The summed E-state index contributed by atoms with van der Waals surface area (Å²) in [6.07, 6.45) is 0. The van der Waals surface area contributed by atoms with Gasteiger partial charge in [0.15, 0.2) is 5.58 Å². The fourth-order valence-corrected chi connectivity index (χ4v) is 2.18. The minimum absolute atomic E-state index is 0.159. The molecule has 0 fully saturated rings. The molecule has 0 aliphatic rings. The van der Waals surface area contributed by atoms with Crippen molar-refractivity contribution in [3.8, 4) is 0 Å². The summed E-state index contributed by atoms with van der Waals surface area (Å²) >= 11 is 0. The van der Waals surface area contributed by atoms with Gasteiger partial charge in [-0.1, -0.05) is 36.4 Å². The first-order valence-electron chi connectivity index (χ1n) is 7.04. The molecule has 3 aromatic rings. The van der Waals surface area contributed by atoms with Gasteiger partial charge in [0.05, 0.1) is 5.56 Å². The van der Waals surface area contributed by atoms with Gasteiger partial charge in [-0.25, -0.2) is 0 Å². The molecule has 112 valence electrons. The molecule has 3 rings (SSSR count). The Balaban J connectivity index is 1.84. The number of amides is 1. The standard InChI is InChI=1S/C17H17N3O2/c1-20(2)17-19-15-13(9-6-10-14(15)22-17)16(21)18-11-12-7-4-3-5-8-12/h3-10H,11H2,1-2H3,(H,18,21). The summed E-state index contributed by atoms with van der Waals surface area (Å²) in [5.41, 5.74) is 2.76. The van der Waals surface area contributed by atoms with E-state index in [1.54, 1.807) is 17.0 Å². The maximum atomic E-state index is 12.4. The zero-order valence-electron chi connectivity index (χ0n) is 12.5. The van der Waals surface area contributed by atoms with Crippen LogP contribution in [0.15, 0.2) is 52.9 Å². The van der Waals surface area contributed by atoms with Crippen LogP contribution in [0.4, 0.5) is 6.01 Å². The highest BCUT2D eigenvalue weighted by Gasteiger charge is 2.15. The second-order valence-electron chi connectivity index (χ2n) is 5.21. The highest BCUT2D eigenvalue weighted by atomic mass is 16.4. The van der Waals surface area contributed by atoms with Gasteiger partial charge in [0.1, 0.15) is 5.52 Å². The van der Waals surface area contributed by atoms with Crippen LogP contribution in [0.25, 0.3) is 11.1 Å². The predicted octanol–water partition coefficient (Wildman–Crippen LogP) is 2.82. The average molecular weight is 295 g/mol. The van der Waals surface area contributed by atoms with E-state index in [0.29, 0.717) is 29.2 Å². The first-order chi connectivity index (χ1) is 10.6. The summed E-state index contributed by atoms with van der Waals surface area (Å²) in [4.78, 5) is 18.6. The Hall–Kier alpha value is -2.82. The van der Waals surface area contributed by atoms with Crippen LogP contribution in [0, 0.1) is 0 Å². The van der Waals surface area contributed by atoms with Crippen molar-refractivity contribution in [2.45, 2.75) is 6.54 Å². The maximum Gasteiger partial charge on any atom is 0.297 e. The molecule has 1 aromatic heterocycles. The normalized spacial score (nSPS) is 10.6. The SMILES string of the molecule is CN(C)c1nc2c(C(=O)NCc3ccccc3)cccc2o1. The lowest BCUT2D eigenvalue weighted by Crippen LogP contribution is -2.23. The molecule has 0 saturated heterocycles. The lowest BCUT2D eigenvalue weighted by molar-refractivity contribution is 0.0952. The van der Waals surface area contributed by atoms with Gasteiger partial charge in [-0.15, -0.1) is 0 Å². The number of para-hydroxylation sites is 1. The summed E-state index contributed by atoms with van der Waals surface area (Å²) in [5, 5.41) is 2.91. The molecule has 0 bridgehead atoms. The zero-order valence-corrected chi connectivity index (χ0v) is 12.5. The minimum Gasteiger partial charge on any atom is -0.423 e. The number of carbonyl (C=O) groups excluding carboxylic acids is 1. The van der Waals surface area contributed by atoms with E-state index in [-0.39, 0.29) is 5.91 Å². The van der Waals surface area contributed by atoms with Crippen molar-refractivity contribution < 1.29 is 9.21 Å². The molecular weight excluding hydrogens is 278 g/mol. The molecular formula is C17H17N3O2. The number of carbonyl (C=O) groups is 1. The van der Waals surface area contributed by atoms with Crippen LogP contribution in [0.5, 0.6) is 0 Å². The Labute approximate surface area is 128 Å². The van der Waals surface area contributed by atoms with E-state index in [0.717, 1.165) is 5.56 Å². The number of fused-ring (bicyclic) bond motifs is 1. The van der Waals surface area contributed by atoms with Gasteiger partial charge in [0, 0.05) is 20.6 Å². The number of benzene rings is 2. The van der Waals surface area contributed by atoms with E-state index in [1.165, 1.54) is 0 Å². The third kappa shape index (κ3) is 2.79. The van der Waals surface area contributed by atoms with Crippen molar-refractivity contribution in [2.24, 2.45) is 0 Å². The van der Waals surface area contributed by atoms with Crippen LogP contribution in [-0.4, -0.2) is 25.0 Å². The monoisotopic (exact) mass is 295 g/mol. The van der Waals surface area contributed by atoms with E-state index < -0.39 is 0 Å². The van der Waals surface area contributed by atoms with Gasteiger partial charge in [-0.3, -0.25) is 4.79 Å². The highest BCUT2D eigenvalue weighted by molar-refractivity contribution is 6.04. The van der Waals surface area contributed by atoms with E-state index in [2.05, 4.69) is 10.3 Å². The van der Waals surface area contributed by atoms with Crippen LogP contribution in [0.3, 0.4) is 0 Å². The first kappa shape index (κ1) is 14.1. The number of rotatable bonds is 4. The largest absolute Gasteiger partial charge is 0.423 e. The van der Waals surface area contributed by atoms with Crippen molar-refractivity contribution in [1.29, 1.82) is 0 Å². The molecule has 0 spiro atoms. The summed E-state index contributed by atoms with van der Waals surface area (Å²) in [6, 6.07) is 15.6. The van der Waals surface area contributed by atoms with Crippen LogP contribution < -0.4 is 10.2 Å². The van der Waals surface area contributed by atoms with Crippen LogP contribution in [0.2, 0.25) is 0 Å². The third-order valence-electron chi connectivity index (χ3n) is 3.33. The molecule has 0 saturated carbocycles. The molecule has 22 heavy (non-hydrogen) atoms. The number of anilines is 1. The molecule has 1 amide bonds. The van der Waals surface area contributed by atoms with E-state index in [1.807, 2.05) is 50.5 Å². The first-order valence-corrected chi connectivity index (χ1v) is 7.04. The smallest absolute Gasteiger partial charge is 0.297 e. The second-order valence-corrected chi connectivity index (χ2v) is 5.21. The number of hydrogen-bond donors (Lipinski definition) is 1. The van der Waals surface area contributed by atoms with Gasteiger partial charge in [0.25, 0.3) is 11.9 Å². The van der Waals surface area contributed by atoms with Gasteiger partial charge in [-0.2, -0.15) is 4.98 Å². The lowest BCUT2D eigenvalue weighted by Gasteiger charge is -2.05. The van der Waals surface area contributed by atoms with Crippen LogP contribution in [-0.2, 0) is 6.54 Å². The minimum atomic E-state index is -0.159. The highest BCUT2D eigenvalue weighted by Crippen LogP contribution is 2.23. The predicted molar refractivity (Wildman–Crippen MR) is 85.9 cm³/mol. The van der Waals surface area contributed by atoms with Crippen LogP contribution in [0.1, 0.15) is 15.9 Å². The van der Waals surface area contributed by atoms with Crippen molar-refractivity contribution in [2.75, 3.05) is 19.0 Å². The van der Waals surface area contributed by atoms with E-state index in [4.69, 9.17) is 4.42 Å². The fraction of sp³-hybridized carbons (Fsp3) is 0.176. The van der Waals surface area contributed by atoms with E-state index >= 15 is 0 Å². The molecule has 0 aliphatic heterocycles. The Morgan fingerprint density at radius 2 is 1.91 bits per heavy atom.